The van der Waals surface area contributed by atoms with Crippen molar-refractivity contribution in [1.82, 2.24) is 0 Å². The fourth-order valence-corrected chi connectivity index (χ4v) is 4.35. The molecule has 2 heterocycles. The second-order valence-electron chi connectivity index (χ2n) is 4.52. The number of rotatable bonds is 4. The number of nitrogens with two attached hydrogens (primary N) is 1. The average Bonchev–Trinajstić information content (AvgIpc) is 2.83. The number of thiophene rings is 1. The van der Waals surface area contributed by atoms with E-state index in [1.165, 1.54) is 18.4 Å². The predicted octanol–water partition coefficient (Wildman–Crippen LogP) is 2.45. The maximum atomic E-state index is 11.8. The summed E-state index contributed by atoms with van der Waals surface area (Å²) >= 11 is 2.98. The minimum Gasteiger partial charge on any atom is -0.465 e. The molecule has 0 amide bonds. The molecule has 0 bridgehead atoms. The van der Waals surface area contributed by atoms with Crippen molar-refractivity contribution >= 4 is 39.8 Å². The number of morpholine rings is 1. The second-order valence-corrected chi connectivity index (χ2v) is 6.34. The summed E-state index contributed by atoms with van der Waals surface area (Å²) in [6.45, 7) is 4.49. The quantitative estimate of drug-likeness (QED) is 0.680. The molecule has 1 aromatic heterocycles. The first kappa shape index (κ1) is 15.5. The Bertz CT molecular complexity index is 490. The van der Waals surface area contributed by atoms with Gasteiger partial charge in [0.25, 0.3) is 0 Å². The van der Waals surface area contributed by atoms with E-state index in [0.29, 0.717) is 17.2 Å². The highest BCUT2D eigenvalue weighted by atomic mass is 32.2. The number of thioether (sulfide) groups is 1. The van der Waals surface area contributed by atoms with Crippen LogP contribution in [0.15, 0.2) is 4.90 Å². The summed E-state index contributed by atoms with van der Waals surface area (Å²) in [4.78, 5) is 15.5. The van der Waals surface area contributed by atoms with Crippen LogP contribution < -0.4 is 10.6 Å². The molecular weight excluding hydrogens is 296 g/mol. The van der Waals surface area contributed by atoms with Crippen LogP contribution in [0.2, 0.25) is 0 Å². The highest BCUT2D eigenvalue weighted by Crippen LogP contribution is 2.44. The van der Waals surface area contributed by atoms with Gasteiger partial charge in [-0.25, -0.2) is 4.79 Å². The summed E-state index contributed by atoms with van der Waals surface area (Å²) in [5.41, 5.74) is 6.63. The average molecular weight is 316 g/mol. The largest absolute Gasteiger partial charge is 0.465 e. The summed E-state index contributed by atoms with van der Waals surface area (Å²) in [6, 6.07) is 0. The van der Waals surface area contributed by atoms with Crippen molar-refractivity contribution in [3.8, 4) is 0 Å². The molecule has 5 nitrogen and oxygen atoms in total. The number of methoxy groups -OCH3 is 1. The van der Waals surface area contributed by atoms with Crippen molar-refractivity contribution < 1.29 is 14.3 Å². The van der Waals surface area contributed by atoms with Crippen LogP contribution in [0.25, 0.3) is 0 Å². The van der Waals surface area contributed by atoms with Crippen molar-refractivity contribution in [3.63, 3.8) is 0 Å². The van der Waals surface area contributed by atoms with Crippen LogP contribution in [0.5, 0.6) is 0 Å². The van der Waals surface area contributed by atoms with E-state index in [1.807, 2.05) is 6.26 Å². The molecule has 1 unspecified atom stereocenters. The summed E-state index contributed by atoms with van der Waals surface area (Å²) in [7, 11) is 1.38. The lowest BCUT2D eigenvalue weighted by Gasteiger charge is -2.33. The number of hydrogen-bond donors (Lipinski definition) is 1. The zero-order valence-electron chi connectivity index (χ0n) is 12.0. The zero-order chi connectivity index (χ0) is 14.7. The first-order valence-corrected chi connectivity index (χ1v) is 8.57. The van der Waals surface area contributed by atoms with Crippen LogP contribution in [-0.4, -0.2) is 45.1 Å². The Labute approximate surface area is 127 Å². The first-order valence-electron chi connectivity index (χ1n) is 6.53. The molecule has 1 saturated heterocycles. The normalized spacial score (nSPS) is 19.1. The molecule has 0 spiro atoms. The van der Waals surface area contributed by atoms with Crippen molar-refractivity contribution in [3.05, 3.63) is 4.88 Å². The van der Waals surface area contributed by atoms with Gasteiger partial charge in [0.05, 0.1) is 30.4 Å². The third kappa shape index (κ3) is 2.89. The van der Waals surface area contributed by atoms with E-state index in [2.05, 4.69) is 11.8 Å². The Morgan fingerprint density at radius 1 is 1.65 bits per heavy atom. The number of esters is 1. The van der Waals surface area contributed by atoms with Crippen LogP contribution in [0.1, 0.15) is 23.0 Å². The van der Waals surface area contributed by atoms with Crippen molar-refractivity contribution in [2.75, 3.05) is 43.7 Å². The number of hydrogen-bond acceptors (Lipinski definition) is 7. The highest BCUT2D eigenvalue weighted by Gasteiger charge is 2.27. The van der Waals surface area contributed by atoms with Crippen molar-refractivity contribution in [2.24, 2.45) is 0 Å². The summed E-state index contributed by atoms with van der Waals surface area (Å²) in [6.07, 6.45) is 3.19. The summed E-state index contributed by atoms with van der Waals surface area (Å²) in [5.74, 6) is -0.366. The Hall–Kier alpha value is -0.920. The summed E-state index contributed by atoms with van der Waals surface area (Å²) < 4.78 is 10.5. The second kappa shape index (κ2) is 6.69. The Morgan fingerprint density at radius 2 is 2.40 bits per heavy atom. The van der Waals surface area contributed by atoms with Crippen LogP contribution in [0, 0.1) is 0 Å². The molecule has 1 aromatic rings. The minimum atomic E-state index is -0.366. The van der Waals surface area contributed by atoms with Crippen molar-refractivity contribution in [2.45, 2.75) is 24.3 Å². The van der Waals surface area contributed by atoms with Gasteiger partial charge < -0.3 is 20.1 Å². The molecule has 0 aliphatic carbocycles. The first-order chi connectivity index (χ1) is 9.62. The lowest BCUT2D eigenvalue weighted by Crippen LogP contribution is -2.42. The molecule has 0 aromatic carbocycles. The summed E-state index contributed by atoms with van der Waals surface area (Å²) in [5, 5.41) is 1.05. The van der Waals surface area contributed by atoms with Gasteiger partial charge in [-0.05, 0) is 12.7 Å². The van der Waals surface area contributed by atoms with Gasteiger partial charge in [0.15, 0.2) is 0 Å². The van der Waals surface area contributed by atoms with Gasteiger partial charge in [0.2, 0.25) is 0 Å². The molecule has 0 saturated carbocycles. The topological polar surface area (TPSA) is 64.8 Å². The van der Waals surface area contributed by atoms with E-state index in [0.717, 1.165) is 29.4 Å². The number of anilines is 2. The molecule has 0 radical (unpaired) electrons. The van der Waals surface area contributed by atoms with Crippen LogP contribution in [-0.2, 0) is 9.47 Å². The molecule has 7 heteroatoms. The molecule has 112 valence electrons. The van der Waals surface area contributed by atoms with Gasteiger partial charge in [0, 0.05) is 13.1 Å². The van der Waals surface area contributed by atoms with E-state index in [-0.39, 0.29) is 12.1 Å². The molecular formula is C13H20N2O3S2. The predicted molar refractivity (Wildman–Crippen MR) is 84.1 cm³/mol. The standard InChI is InChI=1S/C13H20N2O3S2/c1-4-8-7-15(5-6-18-8)12-10(19-3)9(14)11(20-12)13(16)17-2/h8H,4-7,14H2,1-3H3. The van der Waals surface area contributed by atoms with E-state index in [1.54, 1.807) is 11.8 Å². The molecule has 1 fully saturated rings. The fraction of sp³-hybridized carbons (Fsp3) is 0.615. The fourth-order valence-electron chi connectivity index (χ4n) is 2.22. The van der Waals surface area contributed by atoms with E-state index in [9.17, 15) is 4.79 Å². The van der Waals surface area contributed by atoms with E-state index < -0.39 is 0 Å². The highest BCUT2D eigenvalue weighted by molar-refractivity contribution is 7.99. The lowest BCUT2D eigenvalue weighted by molar-refractivity contribution is 0.0385. The van der Waals surface area contributed by atoms with Gasteiger partial charge in [-0.1, -0.05) is 6.92 Å². The van der Waals surface area contributed by atoms with Gasteiger partial charge in [-0.3, -0.25) is 0 Å². The Morgan fingerprint density at radius 3 is 3.00 bits per heavy atom. The molecule has 20 heavy (non-hydrogen) atoms. The maximum absolute atomic E-state index is 11.8. The number of carbonyl (C=O) groups is 1. The maximum Gasteiger partial charge on any atom is 0.350 e. The van der Waals surface area contributed by atoms with Crippen molar-refractivity contribution in [1.29, 1.82) is 0 Å². The Kier molecular flexibility index (Phi) is 5.17. The molecule has 1 aliphatic heterocycles. The molecule has 1 aliphatic rings. The number of carbonyl (C=O) groups excluding carboxylic acids is 1. The van der Waals surface area contributed by atoms with E-state index >= 15 is 0 Å². The smallest absolute Gasteiger partial charge is 0.350 e. The third-order valence-electron chi connectivity index (χ3n) is 3.34. The molecule has 1 atom stereocenters. The SMILES string of the molecule is CCC1CN(c2sc(C(=O)OC)c(N)c2SC)CCO1. The monoisotopic (exact) mass is 316 g/mol. The zero-order valence-corrected chi connectivity index (χ0v) is 13.6. The number of nitrogen functional groups attached to an aromatic ring is 1. The number of nitrogens with zero attached hydrogens (tertiary/aromatic N) is 1. The Balaban J connectivity index is 2.33. The minimum absolute atomic E-state index is 0.239. The lowest BCUT2D eigenvalue weighted by atomic mass is 10.2. The van der Waals surface area contributed by atoms with Gasteiger partial charge in [-0.15, -0.1) is 23.1 Å². The molecule has 2 N–H and O–H groups in total. The van der Waals surface area contributed by atoms with Gasteiger partial charge >= 0.3 is 5.97 Å². The van der Waals surface area contributed by atoms with Crippen LogP contribution in [0.4, 0.5) is 10.7 Å². The third-order valence-corrected chi connectivity index (χ3v) is 5.54. The van der Waals surface area contributed by atoms with Crippen LogP contribution >= 0.6 is 23.1 Å². The van der Waals surface area contributed by atoms with Gasteiger partial charge in [0.1, 0.15) is 9.88 Å². The molecule has 2 rings (SSSR count). The van der Waals surface area contributed by atoms with Gasteiger partial charge in [-0.2, -0.15) is 0 Å². The number of ether oxygens (including phenoxy) is 2. The van der Waals surface area contributed by atoms with Crippen LogP contribution in [0.3, 0.4) is 0 Å². The van der Waals surface area contributed by atoms with E-state index in [4.69, 9.17) is 15.2 Å².